The van der Waals surface area contributed by atoms with Gasteiger partial charge in [0.2, 0.25) is 5.91 Å². The summed E-state index contributed by atoms with van der Waals surface area (Å²) in [4.78, 5) is 18.9. The maximum absolute atomic E-state index is 15.5. The second kappa shape index (κ2) is 15.5. The normalized spacial score (nSPS) is 20.4. The molecule has 0 bridgehead atoms. The molecular formula is C44H41ClF7N7O4S2. The number of alkyl halides is 5. The van der Waals surface area contributed by atoms with Crippen LogP contribution in [0, 0.1) is 35.3 Å². The highest BCUT2D eigenvalue weighted by molar-refractivity contribution is 8.01. The molecule has 2 N–H and O–H groups in total. The molecule has 21 heteroatoms. The van der Waals surface area contributed by atoms with Crippen LogP contribution in [-0.4, -0.2) is 64.7 Å². The molecule has 1 amide bonds. The zero-order valence-corrected chi connectivity index (χ0v) is 37.4. The van der Waals surface area contributed by atoms with Crippen molar-refractivity contribution in [3.63, 3.8) is 0 Å². The number of aryl methyl sites for hydroxylation is 1. The lowest BCUT2D eigenvalue weighted by molar-refractivity contribution is -0.142. The Bertz CT molecular complexity index is 3090. The van der Waals surface area contributed by atoms with Crippen molar-refractivity contribution in [1.82, 2.24) is 29.9 Å². The Morgan fingerprint density at radius 3 is 2.34 bits per heavy atom. The molecule has 0 radical (unpaired) electrons. The van der Waals surface area contributed by atoms with Gasteiger partial charge in [0.1, 0.15) is 34.3 Å². The summed E-state index contributed by atoms with van der Waals surface area (Å²) in [6.07, 6.45) is -2.84. The fourth-order valence-electron chi connectivity index (χ4n) is 8.82. The molecule has 4 atom stereocenters. The molecule has 3 aromatic heterocycles. The average molecular weight is 964 g/mol. The van der Waals surface area contributed by atoms with Crippen LogP contribution in [0.5, 0.6) is 0 Å². The van der Waals surface area contributed by atoms with E-state index in [-0.39, 0.29) is 45.7 Å². The number of benzene rings is 2. The van der Waals surface area contributed by atoms with Crippen molar-refractivity contribution in [2.75, 3.05) is 10.5 Å². The van der Waals surface area contributed by atoms with E-state index in [0.29, 0.717) is 45.8 Å². The summed E-state index contributed by atoms with van der Waals surface area (Å²) < 4.78 is 147. The van der Waals surface area contributed by atoms with Gasteiger partial charge in [-0.1, -0.05) is 23.6 Å². The first-order valence-electron chi connectivity index (χ1n) is 20.7. The van der Waals surface area contributed by atoms with Gasteiger partial charge in [0.15, 0.2) is 21.3 Å². The zero-order valence-electron chi connectivity index (χ0n) is 35.0. The van der Waals surface area contributed by atoms with Crippen LogP contribution in [0.15, 0.2) is 42.5 Å². The van der Waals surface area contributed by atoms with E-state index in [9.17, 15) is 39.4 Å². The molecule has 5 aromatic rings. The summed E-state index contributed by atoms with van der Waals surface area (Å²) in [5.74, 6) is 1.07. The molecule has 2 aromatic carbocycles. The van der Waals surface area contributed by atoms with Crippen LogP contribution in [0.1, 0.15) is 91.8 Å². The number of anilines is 1. The molecule has 4 aliphatic rings. The van der Waals surface area contributed by atoms with E-state index in [1.807, 2.05) is 0 Å². The first-order chi connectivity index (χ1) is 30.3. The molecule has 65 heavy (non-hydrogen) atoms. The van der Waals surface area contributed by atoms with E-state index in [1.165, 1.54) is 30.7 Å². The molecule has 0 aliphatic heterocycles. The number of hydrogen-bond donors (Lipinski definition) is 2. The van der Waals surface area contributed by atoms with Crippen molar-refractivity contribution in [3.05, 3.63) is 93.0 Å². The third kappa shape index (κ3) is 8.48. The molecule has 3 fully saturated rings. The van der Waals surface area contributed by atoms with E-state index in [0.717, 1.165) is 25.0 Å². The van der Waals surface area contributed by atoms with E-state index in [1.54, 1.807) is 19.2 Å². The van der Waals surface area contributed by atoms with Crippen molar-refractivity contribution in [3.8, 4) is 23.0 Å². The molecule has 9 rings (SSSR count). The first-order valence-corrected chi connectivity index (χ1v) is 24.5. The van der Waals surface area contributed by atoms with Crippen molar-refractivity contribution in [2.24, 2.45) is 18.9 Å². The lowest BCUT2D eigenvalue weighted by Gasteiger charge is -2.23. The monoisotopic (exact) mass is 963 g/mol. The second-order valence-electron chi connectivity index (χ2n) is 17.9. The van der Waals surface area contributed by atoms with Gasteiger partial charge in [-0.05, 0) is 112 Å². The predicted octanol–water partition coefficient (Wildman–Crippen LogP) is 8.25. The minimum absolute atomic E-state index is 0.000479. The van der Waals surface area contributed by atoms with E-state index >= 15 is 8.78 Å². The lowest BCUT2D eigenvalue weighted by Crippen LogP contribution is -2.35. The second-order valence-corrected chi connectivity index (χ2v) is 23.2. The standard InChI is InChI=1S/C44H41ClF7N7O4S2/c1-42(2,65(62,63)27-8-9-27)14-13-26-7-10-28(29-11-12-32(45)36-38(29)58(3)56-41(36)57-64(4,61)21-22-5-6-22)37(53-26)33(17-23-15-24(46)18-25(47)16-23)54-34(60)20-59-40-35(39(55-59)44(50,51)52)30-19-31(30)43(40,48)49/h7,10-12,15-16,18,22,27,30-31,33H,4-6,8-9,17,19-21H2,1-3H3,(H,54,60)(H,56,57,61)/t30-,31+,33-,64?/m0/s1. The van der Waals surface area contributed by atoms with Gasteiger partial charge in [-0.3, -0.25) is 18.9 Å². The van der Waals surface area contributed by atoms with Gasteiger partial charge >= 0.3 is 6.18 Å². The minimum atomic E-state index is -5.09. The van der Waals surface area contributed by atoms with E-state index in [2.05, 4.69) is 37.9 Å². The van der Waals surface area contributed by atoms with Crippen LogP contribution in [0.2, 0.25) is 5.02 Å². The number of carbonyl (C=O) groups is 1. The quantitative estimate of drug-likeness (QED) is 0.0688. The Balaban J connectivity index is 1.19. The molecule has 3 saturated carbocycles. The lowest BCUT2D eigenvalue weighted by atomic mass is 9.93. The van der Waals surface area contributed by atoms with Crippen LogP contribution < -0.4 is 10.0 Å². The van der Waals surface area contributed by atoms with Gasteiger partial charge in [-0.15, -0.1) is 0 Å². The number of pyridine rings is 1. The highest BCUT2D eigenvalue weighted by atomic mass is 35.5. The predicted molar refractivity (Wildman–Crippen MR) is 231 cm³/mol. The number of halogens is 8. The van der Waals surface area contributed by atoms with E-state index < -0.39 is 107 Å². The fraction of sp³-hybridized carbons (Fsp3) is 0.432. The van der Waals surface area contributed by atoms with Crippen molar-refractivity contribution in [1.29, 1.82) is 0 Å². The van der Waals surface area contributed by atoms with Crippen molar-refractivity contribution in [2.45, 2.75) is 93.0 Å². The Morgan fingerprint density at radius 2 is 1.69 bits per heavy atom. The molecule has 0 saturated heterocycles. The Labute approximate surface area is 374 Å². The Hall–Kier alpha value is -5.13. The number of nitrogens with zero attached hydrogens (tertiary/aromatic N) is 5. The largest absolute Gasteiger partial charge is 0.435 e. The number of sulfone groups is 1. The number of amides is 1. The maximum atomic E-state index is 15.5. The van der Waals surface area contributed by atoms with Crippen LogP contribution in [0.3, 0.4) is 0 Å². The van der Waals surface area contributed by atoms with Gasteiger partial charge in [-0.2, -0.15) is 32.1 Å². The van der Waals surface area contributed by atoms with Gasteiger partial charge in [0.05, 0.1) is 32.9 Å². The number of nitrogens with one attached hydrogen (secondary N) is 2. The summed E-state index contributed by atoms with van der Waals surface area (Å²) in [6.45, 7) is 1.82. The number of hydrogen-bond acceptors (Lipinski definition) is 7. The van der Waals surface area contributed by atoms with Gasteiger partial charge in [0.25, 0.3) is 5.92 Å². The van der Waals surface area contributed by atoms with Gasteiger partial charge in [0, 0.05) is 51.2 Å². The number of fused-ring (bicyclic) bond motifs is 4. The average Bonchev–Trinajstić information content (AvgIpc) is 4.11. The molecule has 4 aliphatic carbocycles. The Morgan fingerprint density at radius 1 is 1.02 bits per heavy atom. The molecule has 3 heterocycles. The summed E-state index contributed by atoms with van der Waals surface area (Å²) in [5, 5.41) is 10.7. The van der Waals surface area contributed by atoms with Crippen LogP contribution >= 0.6 is 11.6 Å². The molecular weight excluding hydrogens is 923 g/mol. The molecule has 11 nitrogen and oxygen atoms in total. The van der Waals surface area contributed by atoms with Gasteiger partial charge in [-0.25, -0.2) is 26.4 Å². The van der Waals surface area contributed by atoms with Gasteiger partial charge < -0.3 is 5.32 Å². The fourth-order valence-corrected chi connectivity index (χ4v) is 12.5. The SMILES string of the molecule is C=S(=O)(CC1CC1)Nc1nn(C)c2c(-c3ccc(C#CC(C)(C)S(=O)(=O)C4CC4)nc3[C@H](Cc3cc(F)cc(F)c3)NC(=O)Cn3nc(C(F)(F)F)c4c3C(F)(F)[C@@H]3C[C@H]43)ccc(Cl)c12. The first kappa shape index (κ1) is 45.0. The van der Waals surface area contributed by atoms with Crippen LogP contribution in [0.4, 0.5) is 36.6 Å². The summed E-state index contributed by atoms with van der Waals surface area (Å²) >= 11 is 6.79. The molecule has 344 valence electrons. The van der Waals surface area contributed by atoms with Crippen molar-refractivity contribution < 1.29 is 48.2 Å². The molecule has 1 unspecified atom stereocenters. The topological polar surface area (TPSA) is 141 Å². The smallest absolute Gasteiger partial charge is 0.346 e. The number of rotatable bonds is 13. The Kier molecular flexibility index (Phi) is 10.7. The number of carbonyl (C=O) groups excluding carboxylic acids is 1. The van der Waals surface area contributed by atoms with Crippen molar-refractivity contribution >= 4 is 59.6 Å². The maximum Gasteiger partial charge on any atom is 0.435 e. The third-order valence-electron chi connectivity index (χ3n) is 12.3. The molecule has 0 spiro atoms. The summed E-state index contributed by atoms with van der Waals surface area (Å²) in [6, 6.07) is 7.40. The number of aromatic nitrogens is 5. The highest BCUT2D eigenvalue weighted by Crippen LogP contribution is 2.68. The minimum Gasteiger partial charge on any atom is -0.346 e. The summed E-state index contributed by atoms with van der Waals surface area (Å²) in [5.41, 5.74) is -2.20. The van der Waals surface area contributed by atoms with Crippen LogP contribution in [0.25, 0.3) is 22.0 Å². The van der Waals surface area contributed by atoms with Crippen LogP contribution in [-0.2, 0) is 56.5 Å². The third-order valence-corrected chi connectivity index (χ3v) is 17.1. The summed E-state index contributed by atoms with van der Waals surface area (Å²) in [7, 11) is -4.97. The van der Waals surface area contributed by atoms with E-state index in [4.69, 9.17) is 16.6 Å². The zero-order chi connectivity index (χ0) is 46.8. The highest BCUT2D eigenvalue weighted by Gasteiger charge is 2.68.